The molecule has 1 N–H and O–H groups in total. The quantitative estimate of drug-likeness (QED) is 0.863. The number of aliphatic hydroxyl groups is 1. The van der Waals surface area contributed by atoms with E-state index in [-0.39, 0.29) is 11.9 Å². The van der Waals surface area contributed by atoms with Gasteiger partial charge in [-0.25, -0.2) is 4.39 Å². The van der Waals surface area contributed by atoms with Crippen LogP contribution in [0.5, 0.6) is 0 Å². The van der Waals surface area contributed by atoms with E-state index in [9.17, 15) is 9.50 Å². The predicted octanol–water partition coefficient (Wildman–Crippen LogP) is 2.30. The highest BCUT2D eigenvalue weighted by Crippen LogP contribution is 2.27. The van der Waals surface area contributed by atoms with Gasteiger partial charge >= 0.3 is 0 Å². The minimum Gasteiger partial charge on any atom is -0.386 e. The van der Waals surface area contributed by atoms with E-state index in [1.165, 1.54) is 6.07 Å². The Morgan fingerprint density at radius 2 is 2.38 bits per heavy atom. The highest BCUT2D eigenvalue weighted by molar-refractivity contribution is 7.99. The van der Waals surface area contributed by atoms with Crippen molar-refractivity contribution in [3.05, 3.63) is 35.1 Å². The van der Waals surface area contributed by atoms with Gasteiger partial charge in [0.15, 0.2) is 0 Å². The van der Waals surface area contributed by atoms with Crippen LogP contribution in [-0.4, -0.2) is 29.3 Å². The largest absolute Gasteiger partial charge is 0.386 e. The summed E-state index contributed by atoms with van der Waals surface area (Å²) in [5.41, 5.74) is 1.28. The van der Waals surface area contributed by atoms with Gasteiger partial charge in [0.25, 0.3) is 0 Å². The molecular weight excluding hydrogens is 227 g/mol. The van der Waals surface area contributed by atoms with Crippen LogP contribution in [0.25, 0.3) is 0 Å². The number of rotatable bonds is 2. The molecule has 1 aromatic rings. The molecule has 2 nitrogen and oxygen atoms in total. The summed E-state index contributed by atoms with van der Waals surface area (Å²) < 4.78 is 19.0. The van der Waals surface area contributed by atoms with Crippen molar-refractivity contribution in [3.63, 3.8) is 0 Å². The van der Waals surface area contributed by atoms with Crippen LogP contribution in [-0.2, 0) is 4.74 Å². The fraction of sp³-hybridized carbons (Fsp3) is 0.500. The molecule has 1 heterocycles. The number of thioether (sulfide) groups is 1. The van der Waals surface area contributed by atoms with E-state index in [2.05, 4.69) is 0 Å². The number of benzene rings is 1. The Morgan fingerprint density at radius 3 is 3.06 bits per heavy atom. The monoisotopic (exact) mass is 242 g/mol. The number of ether oxygens (including phenoxy) is 1. The van der Waals surface area contributed by atoms with Crippen molar-refractivity contribution < 1.29 is 14.2 Å². The minimum absolute atomic E-state index is 0.296. The van der Waals surface area contributed by atoms with Gasteiger partial charge in [-0.2, -0.15) is 11.8 Å². The zero-order valence-corrected chi connectivity index (χ0v) is 9.97. The van der Waals surface area contributed by atoms with E-state index in [1.54, 1.807) is 23.9 Å². The fourth-order valence-electron chi connectivity index (χ4n) is 1.78. The highest BCUT2D eigenvalue weighted by Gasteiger charge is 2.26. The maximum Gasteiger partial charge on any atom is 0.129 e. The third-order valence-corrected chi connectivity index (χ3v) is 3.68. The number of hydrogen-bond acceptors (Lipinski definition) is 3. The third-order valence-electron chi connectivity index (χ3n) is 2.66. The van der Waals surface area contributed by atoms with Gasteiger partial charge in [0.1, 0.15) is 11.9 Å². The lowest BCUT2D eigenvalue weighted by molar-refractivity contribution is -0.0242. The average Bonchev–Trinajstić information content (AvgIpc) is 2.32. The van der Waals surface area contributed by atoms with Crippen molar-refractivity contribution in [1.82, 2.24) is 0 Å². The summed E-state index contributed by atoms with van der Waals surface area (Å²) in [5, 5.41) is 10.1. The second-order valence-corrected chi connectivity index (χ2v) is 5.10. The van der Waals surface area contributed by atoms with Gasteiger partial charge in [0.2, 0.25) is 0 Å². The molecule has 2 unspecified atom stereocenters. The Kier molecular flexibility index (Phi) is 3.84. The second kappa shape index (κ2) is 5.17. The number of hydrogen-bond donors (Lipinski definition) is 1. The minimum atomic E-state index is -0.868. The normalized spacial score (nSPS) is 23.1. The second-order valence-electron chi connectivity index (χ2n) is 3.95. The molecule has 1 fully saturated rings. The molecule has 16 heavy (non-hydrogen) atoms. The van der Waals surface area contributed by atoms with Gasteiger partial charge in [-0.1, -0.05) is 17.7 Å². The van der Waals surface area contributed by atoms with Gasteiger partial charge in [0.05, 0.1) is 12.7 Å². The van der Waals surface area contributed by atoms with E-state index >= 15 is 0 Å². The standard InChI is InChI=1S/C12H15FO2S/c1-8-2-3-10(13)9(6-8)12(14)11-7-16-5-4-15-11/h2-3,6,11-12,14H,4-5,7H2,1H3. The summed E-state index contributed by atoms with van der Waals surface area (Å²) in [4.78, 5) is 0. The number of aryl methyl sites for hydroxylation is 1. The zero-order chi connectivity index (χ0) is 11.5. The van der Waals surface area contributed by atoms with Gasteiger partial charge in [-0.05, 0) is 13.0 Å². The zero-order valence-electron chi connectivity index (χ0n) is 9.15. The molecule has 1 aliphatic rings. The van der Waals surface area contributed by atoms with Gasteiger partial charge in [-0.3, -0.25) is 0 Å². The molecule has 1 aromatic carbocycles. The summed E-state index contributed by atoms with van der Waals surface area (Å²) in [5.74, 6) is 1.30. The summed E-state index contributed by atoms with van der Waals surface area (Å²) in [6.45, 7) is 2.51. The fourth-order valence-corrected chi connectivity index (χ4v) is 2.67. The topological polar surface area (TPSA) is 29.5 Å². The number of aliphatic hydroxyl groups excluding tert-OH is 1. The summed E-state index contributed by atoms with van der Waals surface area (Å²) in [6, 6.07) is 4.77. The Morgan fingerprint density at radius 1 is 1.56 bits per heavy atom. The maximum atomic E-state index is 13.6. The van der Waals surface area contributed by atoms with Gasteiger partial charge in [-0.15, -0.1) is 0 Å². The molecule has 0 bridgehead atoms. The molecule has 2 atom stereocenters. The highest BCUT2D eigenvalue weighted by atomic mass is 32.2. The smallest absolute Gasteiger partial charge is 0.129 e. The van der Waals surface area contributed by atoms with Crippen molar-refractivity contribution in [1.29, 1.82) is 0 Å². The molecule has 0 saturated carbocycles. The third kappa shape index (κ3) is 2.56. The van der Waals surface area contributed by atoms with E-state index in [4.69, 9.17) is 4.74 Å². The van der Waals surface area contributed by atoms with Crippen molar-refractivity contribution in [2.75, 3.05) is 18.1 Å². The van der Waals surface area contributed by atoms with Crippen LogP contribution in [0.3, 0.4) is 0 Å². The molecule has 0 amide bonds. The van der Waals surface area contributed by atoms with Crippen LogP contribution in [0.15, 0.2) is 18.2 Å². The van der Waals surface area contributed by atoms with Gasteiger partial charge in [0, 0.05) is 17.1 Å². The molecule has 88 valence electrons. The predicted molar refractivity (Wildman–Crippen MR) is 63.2 cm³/mol. The summed E-state index contributed by atoms with van der Waals surface area (Å²) in [7, 11) is 0. The van der Waals surface area contributed by atoms with Crippen LogP contribution in [0.1, 0.15) is 17.2 Å². The summed E-state index contributed by atoms with van der Waals surface area (Å²) >= 11 is 1.73. The molecule has 0 aliphatic carbocycles. The van der Waals surface area contributed by atoms with Crippen molar-refractivity contribution in [3.8, 4) is 0 Å². The van der Waals surface area contributed by atoms with Crippen LogP contribution >= 0.6 is 11.8 Å². The van der Waals surface area contributed by atoms with Gasteiger partial charge < -0.3 is 9.84 Å². The SMILES string of the molecule is Cc1ccc(F)c(C(O)C2CSCCO2)c1. The first-order valence-electron chi connectivity index (χ1n) is 5.32. The first-order valence-corrected chi connectivity index (χ1v) is 6.47. The molecule has 1 aliphatic heterocycles. The molecule has 0 radical (unpaired) electrons. The maximum absolute atomic E-state index is 13.6. The van der Waals surface area contributed by atoms with Crippen LogP contribution in [0, 0.1) is 12.7 Å². The Hall–Kier alpha value is -0.580. The lowest BCUT2D eigenvalue weighted by Crippen LogP contribution is -2.30. The van der Waals surface area contributed by atoms with Crippen molar-refractivity contribution >= 4 is 11.8 Å². The Balaban J connectivity index is 2.18. The Labute approximate surface area is 98.8 Å². The summed E-state index contributed by atoms with van der Waals surface area (Å²) in [6.07, 6.45) is -1.16. The molecule has 2 rings (SSSR count). The number of halogens is 1. The lowest BCUT2D eigenvalue weighted by Gasteiger charge is -2.27. The molecular formula is C12H15FO2S. The van der Waals surface area contributed by atoms with E-state index in [1.807, 2.05) is 6.92 Å². The molecule has 1 saturated heterocycles. The lowest BCUT2D eigenvalue weighted by atomic mass is 10.0. The van der Waals surface area contributed by atoms with E-state index in [0.717, 1.165) is 11.3 Å². The van der Waals surface area contributed by atoms with Crippen LogP contribution < -0.4 is 0 Å². The molecule has 0 aromatic heterocycles. The van der Waals surface area contributed by atoms with Crippen LogP contribution in [0.2, 0.25) is 0 Å². The van der Waals surface area contributed by atoms with E-state index < -0.39 is 6.10 Å². The van der Waals surface area contributed by atoms with Crippen molar-refractivity contribution in [2.45, 2.75) is 19.1 Å². The molecule has 0 spiro atoms. The Bertz CT molecular complexity index is 364. The average molecular weight is 242 g/mol. The first kappa shape index (κ1) is 11.9. The van der Waals surface area contributed by atoms with Crippen molar-refractivity contribution in [2.24, 2.45) is 0 Å². The first-order chi connectivity index (χ1) is 7.68. The van der Waals surface area contributed by atoms with E-state index in [0.29, 0.717) is 17.9 Å². The van der Waals surface area contributed by atoms with Crippen LogP contribution in [0.4, 0.5) is 4.39 Å². The molecule has 4 heteroatoms.